The average Bonchev–Trinajstić information content (AvgIpc) is 3.31. The zero-order valence-electron chi connectivity index (χ0n) is 24.2. The molecule has 4 heterocycles. The molecular weight excluding hydrogens is 569 g/mol. The topological polar surface area (TPSA) is 157 Å². The highest BCUT2D eigenvalue weighted by Crippen LogP contribution is 2.34. The monoisotopic (exact) mass is 606 g/mol. The fourth-order valence-corrected chi connectivity index (χ4v) is 5.58. The fraction of sp³-hybridized carbons (Fsp3) is 0.536. The number of carboxylic acids is 1. The van der Waals surface area contributed by atoms with E-state index in [1.807, 2.05) is 24.1 Å². The predicted octanol–water partition coefficient (Wildman–Crippen LogP) is 2.93. The lowest BCUT2D eigenvalue weighted by Gasteiger charge is -2.37. The number of benzene rings is 1. The lowest BCUT2D eigenvalue weighted by Crippen LogP contribution is -2.49. The van der Waals surface area contributed by atoms with Crippen LogP contribution in [-0.2, 0) is 10.2 Å². The Balaban J connectivity index is 0.000000541. The van der Waals surface area contributed by atoms with Crippen LogP contribution in [0.4, 0.5) is 35.3 Å². The zero-order chi connectivity index (χ0) is 31.4. The maximum Gasteiger partial charge on any atom is 0.490 e. The van der Waals surface area contributed by atoms with E-state index in [9.17, 15) is 22.8 Å². The van der Waals surface area contributed by atoms with Crippen molar-refractivity contribution >= 4 is 35.2 Å². The Kier molecular flexibility index (Phi) is 9.62. The summed E-state index contributed by atoms with van der Waals surface area (Å²) >= 11 is 0. The van der Waals surface area contributed by atoms with Crippen molar-refractivity contribution in [1.29, 1.82) is 0 Å². The van der Waals surface area contributed by atoms with Crippen molar-refractivity contribution in [2.24, 2.45) is 5.73 Å². The van der Waals surface area contributed by atoms with Gasteiger partial charge in [0.2, 0.25) is 0 Å². The van der Waals surface area contributed by atoms with Gasteiger partial charge in [0.05, 0.1) is 12.2 Å². The summed E-state index contributed by atoms with van der Waals surface area (Å²) in [7, 11) is 1.84. The number of carbonyl (C=O) groups is 3. The number of hydrogen-bond acceptors (Lipinski definition) is 8. The Morgan fingerprint density at radius 3 is 2.35 bits per heavy atom. The van der Waals surface area contributed by atoms with Crippen molar-refractivity contribution in [3.63, 3.8) is 0 Å². The van der Waals surface area contributed by atoms with E-state index in [0.29, 0.717) is 18.2 Å². The molecular formula is C28H37F3N8O4. The summed E-state index contributed by atoms with van der Waals surface area (Å²) in [6.07, 6.45) is 0.655. The molecule has 3 aliphatic heterocycles. The Morgan fingerprint density at radius 2 is 1.79 bits per heavy atom. The van der Waals surface area contributed by atoms with E-state index < -0.39 is 18.1 Å². The third kappa shape index (κ3) is 7.63. The van der Waals surface area contributed by atoms with E-state index >= 15 is 0 Å². The van der Waals surface area contributed by atoms with E-state index in [1.54, 1.807) is 11.1 Å². The molecule has 1 aromatic heterocycles. The van der Waals surface area contributed by atoms with Gasteiger partial charge >= 0.3 is 18.2 Å². The number of anilines is 3. The molecule has 2 aromatic rings. The Bertz CT molecular complexity index is 1320. The maximum absolute atomic E-state index is 12.5. The molecule has 3 fully saturated rings. The van der Waals surface area contributed by atoms with Gasteiger partial charge in [0.25, 0.3) is 5.91 Å². The summed E-state index contributed by atoms with van der Waals surface area (Å²) in [5, 5.41) is 13.8. The molecule has 12 nitrogen and oxygen atoms in total. The first-order chi connectivity index (χ1) is 20.3. The van der Waals surface area contributed by atoms with Crippen molar-refractivity contribution in [3.05, 3.63) is 41.7 Å². The minimum atomic E-state index is -5.08. The van der Waals surface area contributed by atoms with E-state index in [0.717, 1.165) is 64.1 Å². The minimum Gasteiger partial charge on any atom is -0.475 e. The lowest BCUT2D eigenvalue weighted by molar-refractivity contribution is -0.192. The number of urea groups is 1. The van der Waals surface area contributed by atoms with Crippen LogP contribution >= 0.6 is 0 Å². The molecule has 0 saturated carbocycles. The molecule has 0 bridgehead atoms. The zero-order valence-corrected chi connectivity index (χ0v) is 24.2. The van der Waals surface area contributed by atoms with E-state index in [-0.39, 0.29) is 23.2 Å². The number of carbonyl (C=O) groups excluding carboxylic acids is 2. The van der Waals surface area contributed by atoms with Gasteiger partial charge in [-0.05, 0) is 61.9 Å². The van der Waals surface area contributed by atoms with Crippen molar-refractivity contribution in [2.75, 3.05) is 56.5 Å². The molecule has 15 heteroatoms. The van der Waals surface area contributed by atoms with Crippen molar-refractivity contribution in [3.8, 4) is 0 Å². The van der Waals surface area contributed by atoms with Gasteiger partial charge in [0.15, 0.2) is 11.5 Å². The van der Waals surface area contributed by atoms with Gasteiger partial charge < -0.3 is 36.2 Å². The summed E-state index contributed by atoms with van der Waals surface area (Å²) in [5.41, 5.74) is 8.03. The van der Waals surface area contributed by atoms with Crippen molar-refractivity contribution in [1.82, 2.24) is 25.1 Å². The molecule has 3 aliphatic rings. The number of nitrogens with one attached hydrogen (secondary N) is 2. The molecule has 1 aromatic carbocycles. The number of alkyl halides is 3. The van der Waals surface area contributed by atoms with Gasteiger partial charge in [-0.3, -0.25) is 4.79 Å². The summed E-state index contributed by atoms with van der Waals surface area (Å²) in [6.45, 7) is 7.38. The second-order valence-corrected chi connectivity index (χ2v) is 11.2. The standard InChI is InChI=1S/C26H36N8O2.C2HF3O2/c1-26(9-11-28-12-10-26)18-5-7-19(8-6-18)30-24-22(23(27)35)29-16-21(31-24)33-13-3-4-20(17-33)34-15-14-32(2)25(34)36;3-2(4,5)1(6)7/h5-8,16,20,28H,3-4,9-15,17H2,1-2H3,(H2,27,35)(H,30,31);(H,6,7)/t20-;/m1./s1. The van der Waals surface area contributed by atoms with Crippen molar-refractivity contribution < 1.29 is 32.7 Å². The number of hydrogen-bond donors (Lipinski definition) is 4. The number of amides is 3. The number of primary amides is 1. The van der Waals surface area contributed by atoms with Crippen LogP contribution in [0.25, 0.3) is 0 Å². The van der Waals surface area contributed by atoms with Crippen LogP contribution in [0.5, 0.6) is 0 Å². The Hall–Kier alpha value is -4.14. The second-order valence-electron chi connectivity index (χ2n) is 11.2. The molecule has 234 valence electrons. The highest BCUT2D eigenvalue weighted by molar-refractivity contribution is 5.96. The normalized spacial score (nSPS) is 20.3. The first-order valence-corrected chi connectivity index (χ1v) is 14.1. The number of aliphatic carboxylic acids is 1. The number of piperidine rings is 2. The summed E-state index contributed by atoms with van der Waals surface area (Å²) in [4.78, 5) is 48.5. The highest BCUT2D eigenvalue weighted by atomic mass is 19.4. The van der Waals surface area contributed by atoms with E-state index in [2.05, 4.69) is 39.6 Å². The molecule has 3 amide bonds. The lowest BCUT2D eigenvalue weighted by atomic mass is 9.75. The van der Waals surface area contributed by atoms with Gasteiger partial charge in [-0.1, -0.05) is 19.1 Å². The molecule has 0 unspecified atom stereocenters. The van der Waals surface area contributed by atoms with Gasteiger partial charge in [-0.15, -0.1) is 0 Å². The number of nitrogens with two attached hydrogens (primary N) is 1. The number of carboxylic acid groups (broad SMARTS) is 1. The van der Waals surface area contributed by atoms with Gasteiger partial charge in [-0.2, -0.15) is 13.2 Å². The third-order valence-corrected chi connectivity index (χ3v) is 8.20. The van der Waals surface area contributed by atoms with Gasteiger partial charge in [-0.25, -0.2) is 19.6 Å². The third-order valence-electron chi connectivity index (χ3n) is 8.20. The first kappa shape index (κ1) is 31.8. The van der Waals surface area contributed by atoms with Crippen LogP contribution in [0.2, 0.25) is 0 Å². The molecule has 3 saturated heterocycles. The Morgan fingerprint density at radius 1 is 1.14 bits per heavy atom. The summed E-state index contributed by atoms with van der Waals surface area (Å²) in [6, 6.07) is 8.56. The van der Waals surface area contributed by atoms with Crippen LogP contribution in [-0.4, -0.2) is 101 Å². The summed E-state index contributed by atoms with van der Waals surface area (Å²) < 4.78 is 31.7. The molecule has 0 spiro atoms. The van der Waals surface area contributed by atoms with Crippen molar-refractivity contribution in [2.45, 2.75) is 50.2 Å². The van der Waals surface area contributed by atoms with Crippen LogP contribution in [0.3, 0.4) is 0 Å². The van der Waals surface area contributed by atoms with Gasteiger partial charge in [0.1, 0.15) is 5.82 Å². The smallest absolute Gasteiger partial charge is 0.475 e. The predicted molar refractivity (Wildman–Crippen MR) is 153 cm³/mol. The molecule has 0 aliphatic carbocycles. The number of aromatic nitrogens is 2. The number of halogens is 3. The molecule has 1 atom stereocenters. The SMILES string of the molecule is CN1CCN([C@@H]2CCCN(c3cnc(C(N)=O)c(Nc4ccc(C5(C)CCNCC5)cc4)n3)C2)C1=O.O=C(O)C(F)(F)F. The first-order valence-electron chi connectivity index (χ1n) is 14.1. The van der Waals surface area contributed by atoms with Crippen LogP contribution in [0, 0.1) is 0 Å². The molecule has 43 heavy (non-hydrogen) atoms. The molecule has 0 radical (unpaired) electrons. The van der Waals surface area contributed by atoms with Crippen LogP contribution in [0.1, 0.15) is 48.7 Å². The van der Waals surface area contributed by atoms with E-state index in [4.69, 9.17) is 20.6 Å². The average molecular weight is 607 g/mol. The van der Waals surface area contributed by atoms with Gasteiger partial charge in [0, 0.05) is 38.9 Å². The maximum atomic E-state index is 12.5. The minimum absolute atomic E-state index is 0.0844. The van der Waals surface area contributed by atoms with Crippen LogP contribution in [0.15, 0.2) is 30.5 Å². The number of rotatable bonds is 6. The number of likely N-dealkylation sites (N-methyl/N-ethyl adjacent to an activating group) is 1. The fourth-order valence-electron chi connectivity index (χ4n) is 5.58. The quantitative estimate of drug-likeness (QED) is 0.388. The van der Waals surface area contributed by atoms with E-state index in [1.165, 1.54) is 5.56 Å². The molecule has 5 N–H and O–H groups in total. The highest BCUT2D eigenvalue weighted by Gasteiger charge is 2.38. The van der Waals surface area contributed by atoms with Crippen LogP contribution < -0.4 is 21.3 Å². The number of nitrogens with zero attached hydrogens (tertiary/aromatic N) is 5. The Labute approximate surface area is 247 Å². The summed E-state index contributed by atoms with van der Waals surface area (Å²) in [5.74, 6) is -2.36. The molecule has 5 rings (SSSR count). The second kappa shape index (κ2) is 13.0. The largest absolute Gasteiger partial charge is 0.490 e.